The number of rotatable bonds is 16. The van der Waals surface area contributed by atoms with Gasteiger partial charge in [0.1, 0.15) is 11.5 Å². The van der Waals surface area contributed by atoms with E-state index in [2.05, 4.69) is 32.7 Å². The maximum atomic E-state index is 13.4. The quantitative estimate of drug-likeness (QED) is 0.0624. The van der Waals surface area contributed by atoms with Gasteiger partial charge in [-0.25, -0.2) is 0 Å². The van der Waals surface area contributed by atoms with Crippen LogP contribution in [0.2, 0.25) is 0 Å². The number of fused-ring (bicyclic) bond motifs is 1. The fraction of sp³-hybridized carbons (Fsp3) is 0.514. The predicted molar refractivity (Wildman–Crippen MR) is 187 cm³/mol. The SMILES string of the molecule is CCOc1cccc(CCNCCC(=O)N(CCNCCc2ccc(O)c3[nH]c(=O)ccc23)C2CCCCCC2)c1.O=C(C(=O)C(F)(F)F)C(F)(F)F. The number of amides is 1. The number of pyridine rings is 1. The van der Waals surface area contributed by atoms with Crippen molar-refractivity contribution in [1.29, 1.82) is 0 Å². The second-order valence-electron chi connectivity index (χ2n) is 12.6. The number of aromatic amines is 1. The summed E-state index contributed by atoms with van der Waals surface area (Å²) < 4.78 is 72.6. The largest absolute Gasteiger partial charge is 0.506 e. The van der Waals surface area contributed by atoms with E-state index in [-0.39, 0.29) is 17.2 Å². The molecule has 292 valence electrons. The number of hydrogen-bond acceptors (Lipinski definition) is 8. The minimum Gasteiger partial charge on any atom is -0.506 e. The molecule has 1 fully saturated rings. The number of aromatic hydroxyl groups is 1. The molecular weight excluding hydrogens is 710 g/mol. The van der Waals surface area contributed by atoms with E-state index >= 15 is 0 Å². The van der Waals surface area contributed by atoms with Crippen molar-refractivity contribution in [3.8, 4) is 11.5 Å². The Morgan fingerprint density at radius 2 is 1.49 bits per heavy atom. The van der Waals surface area contributed by atoms with Crippen LogP contribution in [0.4, 0.5) is 26.3 Å². The maximum Gasteiger partial charge on any atom is 0.458 e. The highest BCUT2D eigenvalue weighted by Gasteiger charge is 2.54. The van der Waals surface area contributed by atoms with Gasteiger partial charge in [0.05, 0.1) is 12.1 Å². The summed E-state index contributed by atoms with van der Waals surface area (Å²) in [5, 5.41) is 18.0. The highest BCUT2D eigenvalue weighted by Crippen LogP contribution is 2.26. The van der Waals surface area contributed by atoms with Crippen molar-refractivity contribution >= 4 is 28.4 Å². The van der Waals surface area contributed by atoms with Crippen LogP contribution >= 0.6 is 0 Å². The molecule has 0 spiro atoms. The summed E-state index contributed by atoms with van der Waals surface area (Å²) in [6.07, 6.45) is -2.29. The van der Waals surface area contributed by atoms with Gasteiger partial charge in [0, 0.05) is 43.5 Å². The molecule has 0 bridgehead atoms. The van der Waals surface area contributed by atoms with Gasteiger partial charge in [-0.3, -0.25) is 19.2 Å². The topological polar surface area (TPSA) is 141 Å². The first-order valence-corrected chi connectivity index (χ1v) is 17.6. The van der Waals surface area contributed by atoms with E-state index in [9.17, 15) is 50.6 Å². The number of carbonyl (C=O) groups excluding carboxylic acids is 3. The van der Waals surface area contributed by atoms with Crippen LogP contribution in [0, 0.1) is 0 Å². The van der Waals surface area contributed by atoms with Crippen LogP contribution in [-0.4, -0.2) is 90.2 Å². The van der Waals surface area contributed by atoms with Gasteiger partial charge < -0.3 is 30.4 Å². The smallest absolute Gasteiger partial charge is 0.458 e. The summed E-state index contributed by atoms with van der Waals surface area (Å²) in [6, 6.07) is 15.3. The molecule has 1 aliphatic rings. The van der Waals surface area contributed by atoms with E-state index in [4.69, 9.17) is 4.74 Å². The number of ether oxygens (including phenoxy) is 1. The Bertz CT molecular complexity index is 1680. The van der Waals surface area contributed by atoms with E-state index in [0.29, 0.717) is 37.7 Å². The van der Waals surface area contributed by atoms with Gasteiger partial charge in [-0.15, -0.1) is 0 Å². The molecular formula is C37H46F6N4O6. The van der Waals surface area contributed by atoms with Crippen LogP contribution in [0.3, 0.4) is 0 Å². The molecule has 10 nitrogen and oxygen atoms in total. The number of phenolic OH excluding ortho intramolecular Hbond substituents is 1. The lowest BCUT2D eigenvalue weighted by atomic mass is 10.0. The highest BCUT2D eigenvalue weighted by molar-refractivity contribution is 6.41. The van der Waals surface area contributed by atoms with Crippen LogP contribution in [0.15, 0.2) is 53.3 Å². The Morgan fingerprint density at radius 1 is 0.849 bits per heavy atom. The van der Waals surface area contributed by atoms with Crippen molar-refractivity contribution < 1.29 is 50.6 Å². The summed E-state index contributed by atoms with van der Waals surface area (Å²) in [4.78, 5) is 49.2. The first-order chi connectivity index (χ1) is 25.1. The molecule has 0 saturated heterocycles. The first kappa shape index (κ1) is 43.0. The zero-order valence-corrected chi connectivity index (χ0v) is 29.5. The zero-order valence-electron chi connectivity index (χ0n) is 29.5. The van der Waals surface area contributed by atoms with Crippen molar-refractivity contribution in [3.63, 3.8) is 0 Å². The van der Waals surface area contributed by atoms with Crippen molar-refractivity contribution in [1.82, 2.24) is 20.5 Å². The molecule has 4 rings (SSSR count). The first-order valence-electron chi connectivity index (χ1n) is 17.6. The summed E-state index contributed by atoms with van der Waals surface area (Å²) in [5.41, 5.74) is 2.55. The van der Waals surface area contributed by atoms with Gasteiger partial charge in [-0.05, 0) is 81.1 Å². The van der Waals surface area contributed by atoms with Gasteiger partial charge in [0.15, 0.2) is 0 Å². The molecule has 3 aromatic rings. The third kappa shape index (κ3) is 14.1. The number of ketones is 2. The van der Waals surface area contributed by atoms with Gasteiger partial charge in [0.2, 0.25) is 11.5 Å². The fourth-order valence-corrected chi connectivity index (χ4v) is 6.05. The van der Waals surface area contributed by atoms with Crippen LogP contribution in [-0.2, 0) is 27.2 Å². The molecule has 1 aromatic heterocycles. The molecule has 0 aliphatic heterocycles. The second kappa shape index (κ2) is 20.7. The third-order valence-electron chi connectivity index (χ3n) is 8.69. The average molecular weight is 757 g/mol. The van der Waals surface area contributed by atoms with Crippen molar-refractivity contribution in [2.45, 2.75) is 83.1 Å². The second-order valence-corrected chi connectivity index (χ2v) is 12.6. The number of aromatic nitrogens is 1. The van der Waals surface area contributed by atoms with Crippen molar-refractivity contribution in [3.05, 3.63) is 70.0 Å². The highest BCUT2D eigenvalue weighted by atomic mass is 19.4. The number of Topliss-reactive ketones (excluding diaryl/α,β-unsaturated/α-hetero) is 2. The Balaban J connectivity index is 0.000000541. The van der Waals surface area contributed by atoms with Crippen LogP contribution in [0.25, 0.3) is 10.9 Å². The van der Waals surface area contributed by atoms with E-state index in [1.54, 1.807) is 12.1 Å². The monoisotopic (exact) mass is 756 g/mol. The number of benzene rings is 2. The maximum absolute atomic E-state index is 13.4. The molecule has 16 heteroatoms. The minimum absolute atomic E-state index is 0.0808. The number of phenols is 1. The lowest BCUT2D eigenvalue weighted by molar-refractivity contribution is -0.193. The molecule has 0 radical (unpaired) electrons. The summed E-state index contributed by atoms with van der Waals surface area (Å²) in [6.45, 7) is 6.34. The molecule has 4 N–H and O–H groups in total. The molecule has 0 atom stereocenters. The van der Waals surface area contributed by atoms with Crippen LogP contribution < -0.4 is 20.9 Å². The number of nitrogens with zero attached hydrogens (tertiary/aromatic N) is 1. The number of carbonyl (C=O) groups is 3. The molecule has 1 saturated carbocycles. The number of nitrogens with one attached hydrogen (secondary N) is 3. The standard InChI is InChI=1S/C33H46N4O4.C4F6O2/c1-2-41-28-11-7-8-25(24-28)16-19-34-21-18-32(40)37(27-9-5-3-4-6-10-27)23-22-35-20-17-26-12-14-30(38)33-29(26)13-15-31(39)36-33;5-3(6,7)1(11)2(12)4(8,9)10/h7-8,11-15,24,27,34-35,38H,2-6,9-10,16-23H2,1H3,(H,36,39);. The summed E-state index contributed by atoms with van der Waals surface area (Å²) in [5.74, 6) is -5.60. The Labute approximate surface area is 303 Å². The zero-order chi connectivity index (χ0) is 39.0. The molecule has 2 aromatic carbocycles. The van der Waals surface area contributed by atoms with E-state index < -0.39 is 23.9 Å². The van der Waals surface area contributed by atoms with Crippen LogP contribution in [0.5, 0.6) is 11.5 Å². The summed E-state index contributed by atoms with van der Waals surface area (Å²) >= 11 is 0. The van der Waals surface area contributed by atoms with Crippen molar-refractivity contribution in [2.75, 3.05) is 39.3 Å². The third-order valence-corrected chi connectivity index (χ3v) is 8.69. The Kier molecular flexibility index (Phi) is 16.8. The minimum atomic E-state index is -5.77. The van der Waals surface area contributed by atoms with Crippen LogP contribution in [0.1, 0.15) is 63.0 Å². The fourth-order valence-electron chi connectivity index (χ4n) is 6.05. The predicted octanol–water partition coefficient (Wildman–Crippen LogP) is 5.79. The van der Waals surface area contributed by atoms with Gasteiger partial charge in [-0.2, -0.15) is 26.3 Å². The molecule has 1 aliphatic carbocycles. The molecule has 1 heterocycles. The molecule has 0 unspecified atom stereocenters. The number of H-pyrrole nitrogens is 1. The molecule has 53 heavy (non-hydrogen) atoms. The van der Waals surface area contributed by atoms with E-state index in [0.717, 1.165) is 62.0 Å². The number of halogens is 6. The summed E-state index contributed by atoms with van der Waals surface area (Å²) in [7, 11) is 0. The Morgan fingerprint density at radius 3 is 2.13 bits per heavy atom. The number of hydrogen-bond donors (Lipinski definition) is 4. The van der Waals surface area contributed by atoms with Gasteiger partial charge in [0.25, 0.3) is 0 Å². The van der Waals surface area contributed by atoms with Gasteiger partial charge in [-0.1, -0.05) is 43.9 Å². The van der Waals surface area contributed by atoms with E-state index in [1.165, 1.54) is 37.3 Å². The van der Waals surface area contributed by atoms with Crippen molar-refractivity contribution in [2.24, 2.45) is 0 Å². The normalized spacial score (nSPS) is 13.9. The van der Waals surface area contributed by atoms with Gasteiger partial charge >= 0.3 is 23.9 Å². The molecule has 1 amide bonds. The number of alkyl halides is 6. The Hall–Kier alpha value is -4.44. The average Bonchev–Trinajstić information content (AvgIpc) is 3.39. The van der Waals surface area contributed by atoms with E-state index in [1.807, 2.05) is 25.1 Å². The lowest BCUT2D eigenvalue weighted by Gasteiger charge is -2.32. The lowest BCUT2D eigenvalue weighted by Crippen LogP contribution is -2.45.